The van der Waals surface area contributed by atoms with E-state index < -0.39 is 20.8 Å². The Morgan fingerprint density at radius 2 is 1.69 bits per heavy atom. The number of aromatic hydroxyl groups is 1. The Bertz CT molecular complexity index is 361. The number of rotatable bonds is 1. The summed E-state index contributed by atoms with van der Waals surface area (Å²) in [5.74, 6) is -0.449. The van der Waals surface area contributed by atoms with E-state index in [0.29, 0.717) is 0 Å². The fourth-order valence-corrected chi connectivity index (χ4v) is 1.26. The highest BCUT2D eigenvalue weighted by atomic mass is 32.2. The van der Waals surface area contributed by atoms with Gasteiger partial charge in [-0.15, -0.1) is 0 Å². The maximum Gasteiger partial charge on any atom is 0.298 e. The van der Waals surface area contributed by atoms with Crippen LogP contribution in [0.4, 0.5) is 0 Å². The molecule has 0 aliphatic heterocycles. The van der Waals surface area contributed by atoms with Crippen LogP contribution in [-0.2, 0) is 10.1 Å². The largest absolute Gasteiger partial charge is 0.506 e. The predicted octanol–water partition coefficient (Wildman–Crippen LogP) is 0.214. The lowest BCUT2D eigenvalue weighted by Gasteiger charge is -1.97. The molecular weight excluding hydrogens is 194 g/mol. The Morgan fingerprint density at radius 3 is 2.00 bits per heavy atom. The normalized spacial score (nSPS) is 10.1. The van der Waals surface area contributed by atoms with Crippen molar-refractivity contribution >= 4 is 10.1 Å². The number of hydrogen-bond donors (Lipinski definition) is 3. The van der Waals surface area contributed by atoms with Gasteiger partial charge >= 0.3 is 0 Å². The molecule has 0 atom stereocenters. The maximum absolute atomic E-state index is 10.4. The number of hydrogen-bond acceptors (Lipinski definition) is 4. The smallest absolute Gasteiger partial charge is 0.298 e. The molecule has 0 spiro atoms. The molecule has 1 rings (SSSR count). The van der Waals surface area contributed by atoms with Crippen LogP contribution in [0.2, 0.25) is 0 Å². The number of phenols is 1. The Labute approximate surface area is 76.6 Å². The predicted molar refractivity (Wildman–Crippen MR) is 48.0 cm³/mol. The van der Waals surface area contributed by atoms with Crippen molar-refractivity contribution in [2.45, 2.75) is 4.90 Å². The quantitative estimate of drug-likeness (QED) is 0.569. The number of phenolic OH excluding ortho intramolecular Hbond substituents is 1. The third-order valence-electron chi connectivity index (χ3n) is 1.14. The summed E-state index contributed by atoms with van der Waals surface area (Å²) in [6.45, 7) is 0. The third-order valence-corrected chi connectivity index (χ3v) is 2.04. The average Bonchev–Trinajstić information content (AvgIpc) is 2.07. The first-order valence-corrected chi connectivity index (χ1v) is 4.79. The summed E-state index contributed by atoms with van der Waals surface area (Å²) < 4.78 is 29.4. The van der Waals surface area contributed by atoms with Crippen molar-refractivity contribution in [1.82, 2.24) is 0 Å². The van der Waals surface area contributed by atoms with Crippen LogP contribution in [0.25, 0.3) is 0 Å². The highest BCUT2D eigenvalue weighted by molar-refractivity contribution is 7.86. The van der Waals surface area contributed by atoms with Crippen LogP contribution in [0.15, 0.2) is 29.2 Å². The molecule has 74 valence electrons. The average molecular weight is 205 g/mol. The first-order chi connectivity index (χ1) is 6.02. The molecule has 13 heavy (non-hydrogen) atoms. The van der Waals surface area contributed by atoms with Gasteiger partial charge in [0.05, 0.1) is 0 Å². The first-order valence-electron chi connectivity index (χ1n) is 3.35. The van der Waals surface area contributed by atoms with Crippen molar-refractivity contribution in [3.63, 3.8) is 0 Å². The Morgan fingerprint density at radius 1 is 1.23 bits per heavy atom. The van der Waals surface area contributed by atoms with Crippen LogP contribution in [-0.4, -0.2) is 25.1 Å². The molecule has 0 saturated carbocycles. The van der Waals surface area contributed by atoms with E-state index in [1.165, 1.54) is 25.2 Å². The van der Waals surface area contributed by atoms with Gasteiger partial charge in [-0.3, -0.25) is 4.55 Å². The fraction of sp³-hybridized carbons (Fsp3) is 0.143. The van der Waals surface area contributed by atoms with Crippen molar-refractivity contribution in [2.75, 3.05) is 7.05 Å². The number of para-hydroxylation sites is 1. The zero-order chi connectivity index (χ0) is 10.5. The minimum atomic E-state index is -4.28. The van der Waals surface area contributed by atoms with E-state index >= 15 is 0 Å². The first kappa shape index (κ1) is 11.9. The van der Waals surface area contributed by atoms with Crippen LogP contribution in [0.3, 0.4) is 0 Å². The zero-order valence-electron chi connectivity index (χ0n) is 7.01. The summed E-state index contributed by atoms with van der Waals surface area (Å²) >= 11 is 0. The molecule has 0 aromatic heterocycles. The summed E-state index contributed by atoms with van der Waals surface area (Å²) in [5.41, 5.74) is 4.50. The van der Waals surface area contributed by atoms with Gasteiger partial charge in [0.1, 0.15) is 10.6 Å². The van der Waals surface area contributed by atoms with Gasteiger partial charge in [0.2, 0.25) is 0 Å². The van der Waals surface area contributed by atoms with Crippen molar-refractivity contribution in [3.8, 4) is 5.75 Å². The molecule has 0 aliphatic rings. The zero-order valence-corrected chi connectivity index (χ0v) is 7.82. The summed E-state index contributed by atoms with van der Waals surface area (Å²) in [4.78, 5) is -0.472. The molecule has 0 saturated heterocycles. The third kappa shape index (κ3) is 3.41. The van der Waals surface area contributed by atoms with Gasteiger partial charge < -0.3 is 10.8 Å². The molecule has 0 radical (unpaired) electrons. The standard InChI is InChI=1S/C6H6O4S.CH5N/c7-5-3-1-2-4-6(5)11(8,9)10;1-2/h1-4,7H,(H,8,9,10);2H2,1H3. The van der Waals surface area contributed by atoms with E-state index in [4.69, 9.17) is 9.66 Å². The van der Waals surface area contributed by atoms with Crippen molar-refractivity contribution in [3.05, 3.63) is 24.3 Å². The molecule has 5 nitrogen and oxygen atoms in total. The molecule has 0 bridgehead atoms. The summed E-state index contributed by atoms with van der Waals surface area (Å²) in [7, 11) is -2.78. The van der Waals surface area contributed by atoms with E-state index in [0.717, 1.165) is 6.07 Å². The van der Waals surface area contributed by atoms with E-state index in [9.17, 15) is 8.42 Å². The second kappa shape index (κ2) is 4.80. The topological polar surface area (TPSA) is 101 Å². The summed E-state index contributed by atoms with van der Waals surface area (Å²) in [5, 5.41) is 8.91. The fourth-order valence-electron chi connectivity index (χ4n) is 0.675. The Kier molecular flexibility index (Phi) is 4.39. The molecular formula is C7H11NO4S. The van der Waals surface area contributed by atoms with Crippen LogP contribution < -0.4 is 5.73 Å². The van der Waals surface area contributed by atoms with Crippen molar-refractivity contribution in [2.24, 2.45) is 5.73 Å². The molecule has 0 unspecified atom stereocenters. The van der Waals surface area contributed by atoms with Gasteiger partial charge in [-0.25, -0.2) is 0 Å². The van der Waals surface area contributed by atoms with Gasteiger partial charge in [-0.2, -0.15) is 8.42 Å². The molecule has 4 N–H and O–H groups in total. The van der Waals surface area contributed by atoms with Crippen LogP contribution in [0.1, 0.15) is 0 Å². The van der Waals surface area contributed by atoms with Crippen LogP contribution in [0, 0.1) is 0 Å². The van der Waals surface area contributed by atoms with Crippen LogP contribution >= 0.6 is 0 Å². The van der Waals surface area contributed by atoms with E-state index in [2.05, 4.69) is 5.73 Å². The van der Waals surface area contributed by atoms with Crippen LogP contribution in [0.5, 0.6) is 5.75 Å². The lowest BCUT2D eigenvalue weighted by molar-refractivity contribution is 0.443. The molecule has 0 heterocycles. The lowest BCUT2D eigenvalue weighted by atomic mass is 10.3. The summed E-state index contributed by atoms with van der Waals surface area (Å²) in [6, 6.07) is 5.17. The summed E-state index contributed by atoms with van der Waals surface area (Å²) in [6.07, 6.45) is 0. The lowest BCUT2D eigenvalue weighted by Crippen LogP contribution is -1.97. The van der Waals surface area contributed by atoms with Crippen molar-refractivity contribution in [1.29, 1.82) is 0 Å². The molecule has 0 aliphatic carbocycles. The van der Waals surface area contributed by atoms with Crippen molar-refractivity contribution < 1.29 is 18.1 Å². The second-order valence-corrected chi connectivity index (χ2v) is 3.33. The Hall–Kier alpha value is -1.11. The Balaban J connectivity index is 0.000000671. The van der Waals surface area contributed by atoms with E-state index in [-0.39, 0.29) is 0 Å². The monoisotopic (exact) mass is 205 g/mol. The highest BCUT2D eigenvalue weighted by Gasteiger charge is 2.12. The minimum absolute atomic E-state index is 0.449. The van der Waals surface area contributed by atoms with Gasteiger partial charge in [0.25, 0.3) is 10.1 Å². The van der Waals surface area contributed by atoms with E-state index in [1.807, 2.05) is 0 Å². The molecule has 0 fully saturated rings. The maximum atomic E-state index is 10.4. The van der Waals surface area contributed by atoms with Gasteiger partial charge in [-0.1, -0.05) is 12.1 Å². The minimum Gasteiger partial charge on any atom is -0.506 e. The molecule has 6 heteroatoms. The highest BCUT2D eigenvalue weighted by Crippen LogP contribution is 2.20. The second-order valence-electron chi connectivity index (χ2n) is 1.94. The van der Waals surface area contributed by atoms with Gasteiger partial charge in [0, 0.05) is 0 Å². The number of benzene rings is 1. The molecule has 1 aromatic rings. The van der Waals surface area contributed by atoms with Gasteiger partial charge in [0.15, 0.2) is 0 Å². The number of nitrogens with two attached hydrogens (primary N) is 1. The molecule has 0 amide bonds. The SMILES string of the molecule is CN.O=S(=O)(O)c1ccccc1O. The molecule has 1 aromatic carbocycles. The van der Waals surface area contributed by atoms with Gasteiger partial charge in [-0.05, 0) is 19.2 Å². The van der Waals surface area contributed by atoms with E-state index in [1.54, 1.807) is 0 Å².